The molecule has 1 heterocycles. The van der Waals surface area contributed by atoms with E-state index in [1.54, 1.807) is 20.8 Å². The van der Waals surface area contributed by atoms with Crippen molar-refractivity contribution in [2.75, 3.05) is 6.61 Å². The molecule has 1 rings (SSSR count). The van der Waals surface area contributed by atoms with Crippen molar-refractivity contribution in [3.63, 3.8) is 0 Å². The van der Waals surface area contributed by atoms with Gasteiger partial charge in [-0.3, -0.25) is 4.79 Å². The molecular weight excluding hydrogens is 224 g/mol. The highest BCUT2D eigenvalue weighted by atomic mass is 16.7. The summed E-state index contributed by atoms with van der Waals surface area (Å²) >= 11 is 0. The van der Waals surface area contributed by atoms with Crippen LogP contribution in [0.1, 0.15) is 40.0 Å². The Hall–Kier alpha value is -0.940. The van der Waals surface area contributed by atoms with E-state index in [1.165, 1.54) is 0 Å². The molecule has 5 heteroatoms. The van der Waals surface area contributed by atoms with Crippen molar-refractivity contribution in [3.8, 4) is 0 Å². The molecule has 1 aliphatic heterocycles. The van der Waals surface area contributed by atoms with Crippen LogP contribution < -0.4 is 0 Å². The number of hydrogen-bond acceptors (Lipinski definition) is 5. The number of carbonyl (C=O) groups excluding carboxylic acids is 2. The molecule has 0 N–H and O–H groups in total. The first kappa shape index (κ1) is 14.1. The van der Waals surface area contributed by atoms with Crippen LogP contribution in [-0.2, 0) is 23.8 Å². The molecule has 0 aliphatic carbocycles. The van der Waals surface area contributed by atoms with Crippen molar-refractivity contribution in [2.45, 2.75) is 58.0 Å². The maximum absolute atomic E-state index is 11.4. The van der Waals surface area contributed by atoms with Gasteiger partial charge in [-0.05, 0) is 20.8 Å². The van der Waals surface area contributed by atoms with Gasteiger partial charge in [-0.25, -0.2) is 0 Å². The van der Waals surface area contributed by atoms with E-state index in [0.29, 0.717) is 19.4 Å². The van der Waals surface area contributed by atoms with E-state index < -0.39 is 5.79 Å². The third kappa shape index (κ3) is 4.83. The van der Waals surface area contributed by atoms with Gasteiger partial charge in [0.25, 0.3) is 0 Å². The van der Waals surface area contributed by atoms with Gasteiger partial charge < -0.3 is 19.0 Å². The Morgan fingerprint density at radius 3 is 2.65 bits per heavy atom. The Morgan fingerprint density at radius 2 is 2.06 bits per heavy atom. The zero-order chi connectivity index (χ0) is 12.9. The minimum atomic E-state index is -0.761. The van der Waals surface area contributed by atoms with Crippen LogP contribution in [0.2, 0.25) is 0 Å². The summed E-state index contributed by atoms with van der Waals surface area (Å²) in [6.45, 7) is 5.69. The maximum Gasteiger partial charge on any atom is 0.308 e. The lowest BCUT2D eigenvalue weighted by Crippen LogP contribution is -2.45. The standard InChI is InChI=1S/C12H20O5/c1-4-15-11(14)8-10-7-9(5-6-13)16-12(2,3)17-10/h6,9-10H,4-5,7-8H2,1-3H3. The summed E-state index contributed by atoms with van der Waals surface area (Å²) in [6.07, 6.45) is 1.47. The Labute approximate surface area is 101 Å². The van der Waals surface area contributed by atoms with Gasteiger partial charge in [-0.2, -0.15) is 0 Å². The van der Waals surface area contributed by atoms with E-state index in [4.69, 9.17) is 14.2 Å². The van der Waals surface area contributed by atoms with E-state index in [0.717, 1.165) is 6.29 Å². The van der Waals surface area contributed by atoms with E-state index in [9.17, 15) is 9.59 Å². The first-order valence-corrected chi connectivity index (χ1v) is 5.91. The minimum absolute atomic E-state index is 0.185. The van der Waals surface area contributed by atoms with Crippen LogP contribution in [0.3, 0.4) is 0 Å². The minimum Gasteiger partial charge on any atom is -0.466 e. The molecule has 1 saturated heterocycles. The van der Waals surface area contributed by atoms with Crippen molar-refractivity contribution in [1.29, 1.82) is 0 Å². The van der Waals surface area contributed by atoms with Crippen LogP contribution in [-0.4, -0.2) is 36.9 Å². The molecule has 1 fully saturated rings. The highest BCUT2D eigenvalue weighted by Crippen LogP contribution is 2.29. The van der Waals surface area contributed by atoms with Crippen molar-refractivity contribution in [2.24, 2.45) is 0 Å². The quantitative estimate of drug-likeness (QED) is 0.541. The number of carbonyl (C=O) groups is 2. The molecule has 0 bridgehead atoms. The van der Waals surface area contributed by atoms with Gasteiger partial charge in [0.2, 0.25) is 0 Å². The molecule has 5 nitrogen and oxygen atoms in total. The fourth-order valence-corrected chi connectivity index (χ4v) is 2.00. The zero-order valence-electron chi connectivity index (χ0n) is 10.6. The number of aldehydes is 1. The molecule has 98 valence electrons. The Bertz CT molecular complexity index is 274. The predicted octanol–water partition coefficient (Wildman–Crippen LogP) is 1.44. The normalized spacial score (nSPS) is 27.5. The lowest BCUT2D eigenvalue weighted by atomic mass is 10.0. The summed E-state index contributed by atoms with van der Waals surface area (Å²) < 4.78 is 16.1. The first-order chi connectivity index (χ1) is 7.96. The third-order valence-corrected chi connectivity index (χ3v) is 2.49. The van der Waals surface area contributed by atoms with E-state index in [1.807, 2.05) is 0 Å². The van der Waals surface area contributed by atoms with Crippen molar-refractivity contribution in [1.82, 2.24) is 0 Å². The summed E-state index contributed by atoms with van der Waals surface area (Å²) in [5.74, 6) is -1.04. The second-order valence-corrected chi connectivity index (χ2v) is 4.53. The van der Waals surface area contributed by atoms with Crippen LogP contribution in [0.5, 0.6) is 0 Å². The summed E-state index contributed by atoms with van der Waals surface area (Å²) in [5.41, 5.74) is 0. The van der Waals surface area contributed by atoms with Gasteiger partial charge in [0.15, 0.2) is 5.79 Å². The van der Waals surface area contributed by atoms with Crippen LogP contribution in [0.4, 0.5) is 0 Å². The molecule has 0 saturated carbocycles. The Kier molecular flexibility index (Phi) is 5.08. The molecule has 1 aliphatic rings. The van der Waals surface area contributed by atoms with Gasteiger partial charge in [-0.1, -0.05) is 0 Å². The molecule has 0 spiro atoms. The molecule has 0 amide bonds. The van der Waals surface area contributed by atoms with Crippen LogP contribution >= 0.6 is 0 Å². The first-order valence-electron chi connectivity index (χ1n) is 5.91. The van der Waals surface area contributed by atoms with Gasteiger partial charge in [0.05, 0.1) is 25.2 Å². The summed E-state index contributed by atoms with van der Waals surface area (Å²) in [5, 5.41) is 0. The highest BCUT2D eigenvalue weighted by Gasteiger charge is 2.36. The van der Waals surface area contributed by atoms with Gasteiger partial charge in [0.1, 0.15) is 6.29 Å². The number of hydrogen-bond donors (Lipinski definition) is 0. The molecule has 0 aromatic carbocycles. The van der Waals surface area contributed by atoms with Gasteiger partial charge in [0, 0.05) is 12.8 Å². The predicted molar refractivity (Wildman–Crippen MR) is 60.4 cm³/mol. The highest BCUT2D eigenvalue weighted by molar-refractivity contribution is 5.69. The van der Waals surface area contributed by atoms with Gasteiger partial charge >= 0.3 is 5.97 Å². The van der Waals surface area contributed by atoms with Crippen LogP contribution in [0.25, 0.3) is 0 Å². The maximum atomic E-state index is 11.4. The number of rotatable bonds is 5. The SMILES string of the molecule is CCOC(=O)CC1CC(CC=O)OC(C)(C)O1. The smallest absolute Gasteiger partial charge is 0.308 e. The zero-order valence-corrected chi connectivity index (χ0v) is 10.6. The lowest BCUT2D eigenvalue weighted by Gasteiger charge is -2.40. The summed E-state index contributed by atoms with van der Waals surface area (Å²) in [4.78, 5) is 21.9. The van der Waals surface area contributed by atoms with Crippen molar-refractivity contribution in [3.05, 3.63) is 0 Å². The third-order valence-electron chi connectivity index (χ3n) is 2.49. The van der Waals surface area contributed by atoms with Crippen molar-refractivity contribution >= 4 is 12.3 Å². The van der Waals surface area contributed by atoms with E-state index in [2.05, 4.69) is 0 Å². The molecule has 2 unspecified atom stereocenters. The average molecular weight is 244 g/mol. The number of esters is 1. The molecule has 2 atom stereocenters. The fourth-order valence-electron chi connectivity index (χ4n) is 2.00. The topological polar surface area (TPSA) is 61.8 Å². The second kappa shape index (κ2) is 6.12. The number of ether oxygens (including phenoxy) is 3. The largest absolute Gasteiger partial charge is 0.466 e. The second-order valence-electron chi connectivity index (χ2n) is 4.53. The summed E-state index contributed by atoms with van der Waals surface area (Å²) in [6, 6.07) is 0. The molecule has 0 radical (unpaired) electrons. The Morgan fingerprint density at radius 1 is 1.41 bits per heavy atom. The van der Waals surface area contributed by atoms with E-state index >= 15 is 0 Å². The van der Waals surface area contributed by atoms with Crippen LogP contribution in [0, 0.1) is 0 Å². The Balaban J connectivity index is 2.53. The monoisotopic (exact) mass is 244 g/mol. The lowest BCUT2D eigenvalue weighted by molar-refractivity contribution is -0.298. The van der Waals surface area contributed by atoms with Crippen molar-refractivity contribution < 1.29 is 23.8 Å². The molecule has 17 heavy (non-hydrogen) atoms. The molecular formula is C12H20O5. The van der Waals surface area contributed by atoms with Crippen LogP contribution in [0.15, 0.2) is 0 Å². The molecule has 0 aromatic rings. The summed E-state index contributed by atoms with van der Waals surface area (Å²) in [7, 11) is 0. The van der Waals surface area contributed by atoms with Gasteiger partial charge in [-0.15, -0.1) is 0 Å². The average Bonchev–Trinajstić information content (AvgIpc) is 2.15. The fraction of sp³-hybridized carbons (Fsp3) is 0.833. The molecule has 0 aromatic heterocycles. The van der Waals surface area contributed by atoms with E-state index in [-0.39, 0.29) is 24.6 Å².